The van der Waals surface area contributed by atoms with Gasteiger partial charge in [0.25, 0.3) is 0 Å². The molecule has 3 rings (SSSR count). The second-order valence-corrected chi connectivity index (χ2v) is 12.7. The standard InChI is InChI=1S/C25H33N5O2S/c1-16(28-33(32)25(5,6)7)17-9-10-18(14-26)19(13-17)20-11-12-21-22(27-20)29(8)23(31)30(21)15-24(2,3)4/h9-13,16,28H,15H2,1-8H3/t16-,33+/m1/s1. The molecule has 176 valence electrons. The highest BCUT2D eigenvalue weighted by molar-refractivity contribution is 7.90. The number of nitriles is 1. The minimum Gasteiger partial charge on any atom is -0.598 e. The molecule has 1 N–H and O–H groups in total. The zero-order valence-electron chi connectivity index (χ0n) is 20.7. The summed E-state index contributed by atoms with van der Waals surface area (Å²) in [6.07, 6.45) is 0. The van der Waals surface area contributed by atoms with E-state index in [4.69, 9.17) is 4.98 Å². The normalized spacial score (nSPS) is 14.3. The molecule has 0 aliphatic rings. The van der Waals surface area contributed by atoms with Crippen LogP contribution in [0.1, 0.15) is 65.6 Å². The highest BCUT2D eigenvalue weighted by Gasteiger charge is 2.28. The number of fused-ring (bicyclic) bond motifs is 1. The first-order chi connectivity index (χ1) is 15.2. The summed E-state index contributed by atoms with van der Waals surface area (Å²) in [5, 5.41) is 9.70. The Morgan fingerprint density at radius 2 is 1.85 bits per heavy atom. The summed E-state index contributed by atoms with van der Waals surface area (Å²) < 4.78 is 18.6. The molecule has 0 aliphatic heterocycles. The van der Waals surface area contributed by atoms with Gasteiger partial charge in [-0.15, -0.1) is 4.72 Å². The molecule has 0 amide bonds. The Hall–Kier alpha value is -2.60. The molecule has 2 atom stereocenters. The number of nitrogens with one attached hydrogen (secondary N) is 1. The Bertz CT molecular complexity index is 1270. The number of aryl methyl sites for hydroxylation is 1. The van der Waals surface area contributed by atoms with Crippen molar-refractivity contribution >= 4 is 22.5 Å². The van der Waals surface area contributed by atoms with Crippen LogP contribution in [0.2, 0.25) is 0 Å². The number of hydrogen-bond acceptors (Lipinski definition) is 5. The maximum Gasteiger partial charge on any atom is 0.330 e. The molecule has 0 fully saturated rings. The molecule has 8 heteroatoms. The van der Waals surface area contributed by atoms with Gasteiger partial charge in [0.1, 0.15) is 4.75 Å². The van der Waals surface area contributed by atoms with Gasteiger partial charge in [-0.2, -0.15) is 5.26 Å². The molecule has 7 nitrogen and oxygen atoms in total. The van der Waals surface area contributed by atoms with E-state index in [2.05, 4.69) is 31.6 Å². The lowest BCUT2D eigenvalue weighted by molar-refractivity contribution is 0.342. The van der Waals surface area contributed by atoms with E-state index in [0.29, 0.717) is 29.0 Å². The SMILES string of the molecule is C[C@@H](N[S@@+]([O-])C(C)(C)C)c1ccc(C#N)c(-c2ccc3c(n2)n(C)c(=O)n3CC(C)(C)C)c1. The van der Waals surface area contributed by atoms with Gasteiger partial charge < -0.3 is 4.55 Å². The zero-order valence-corrected chi connectivity index (χ0v) is 21.5. The molecule has 2 heterocycles. The maximum atomic E-state index is 12.9. The Labute approximate surface area is 198 Å². The van der Waals surface area contributed by atoms with Crippen LogP contribution in [0.3, 0.4) is 0 Å². The summed E-state index contributed by atoms with van der Waals surface area (Å²) in [4.78, 5) is 17.6. The third kappa shape index (κ3) is 5.32. The van der Waals surface area contributed by atoms with Crippen LogP contribution >= 0.6 is 0 Å². The van der Waals surface area contributed by atoms with Crippen LogP contribution in [0.5, 0.6) is 0 Å². The Kier molecular flexibility index (Phi) is 6.81. The van der Waals surface area contributed by atoms with Crippen molar-refractivity contribution in [3.63, 3.8) is 0 Å². The lowest BCUT2D eigenvalue weighted by Crippen LogP contribution is -2.40. The molecule has 0 bridgehead atoms. The number of pyridine rings is 1. The summed E-state index contributed by atoms with van der Waals surface area (Å²) in [5.41, 5.74) is 3.88. The predicted octanol–water partition coefficient (Wildman–Crippen LogP) is 4.43. The number of aromatic nitrogens is 3. The van der Waals surface area contributed by atoms with Crippen LogP contribution < -0.4 is 10.4 Å². The van der Waals surface area contributed by atoms with Crippen LogP contribution in [0.15, 0.2) is 35.1 Å². The van der Waals surface area contributed by atoms with Gasteiger partial charge in [-0.1, -0.05) is 26.8 Å². The molecule has 1 aromatic carbocycles. The van der Waals surface area contributed by atoms with E-state index in [1.807, 2.05) is 52.0 Å². The summed E-state index contributed by atoms with van der Waals surface area (Å²) in [6.45, 7) is 14.6. The molecule has 0 unspecified atom stereocenters. The highest BCUT2D eigenvalue weighted by Crippen LogP contribution is 2.29. The van der Waals surface area contributed by atoms with E-state index in [1.54, 1.807) is 22.2 Å². The van der Waals surface area contributed by atoms with Gasteiger partial charge in [-0.3, -0.25) is 9.13 Å². The Morgan fingerprint density at radius 1 is 1.18 bits per heavy atom. The minimum atomic E-state index is -1.23. The van der Waals surface area contributed by atoms with Crippen LogP contribution in [-0.2, 0) is 25.0 Å². The molecular formula is C25H33N5O2S. The third-order valence-electron chi connectivity index (χ3n) is 5.39. The average molecular weight is 468 g/mol. The molecule has 0 spiro atoms. The van der Waals surface area contributed by atoms with Crippen LogP contribution in [0.25, 0.3) is 22.4 Å². The molecule has 0 saturated carbocycles. The molecule has 0 aliphatic carbocycles. The van der Waals surface area contributed by atoms with Gasteiger partial charge in [0, 0.05) is 30.5 Å². The molecular weight excluding hydrogens is 434 g/mol. The molecule has 33 heavy (non-hydrogen) atoms. The first-order valence-electron chi connectivity index (χ1n) is 11.0. The number of hydrogen-bond donors (Lipinski definition) is 1. The van der Waals surface area contributed by atoms with Gasteiger partial charge in [0.15, 0.2) is 5.65 Å². The number of imidazole rings is 1. The number of benzene rings is 1. The zero-order chi connectivity index (χ0) is 24.7. The van der Waals surface area contributed by atoms with Crippen molar-refractivity contribution in [1.82, 2.24) is 18.8 Å². The molecule has 0 radical (unpaired) electrons. The lowest BCUT2D eigenvalue weighted by atomic mass is 9.97. The quantitative estimate of drug-likeness (QED) is 0.560. The first-order valence-corrected chi connectivity index (χ1v) is 12.2. The van der Waals surface area contributed by atoms with Crippen molar-refractivity contribution in [1.29, 1.82) is 5.26 Å². The van der Waals surface area contributed by atoms with Crippen molar-refractivity contribution < 1.29 is 4.55 Å². The van der Waals surface area contributed by atoms with Crippen molar-refractivity contribution in [2.45, 2.75) is 65.8 Å². The maximum absolute atomic E-state index is 12.9. The second kappa shape index (κ2) is 8.98. The fourth-order valence-corrected chi connectivity index (χ4v) is 4.41. The van der Waals surface area contributed by atoms with E-state index >= 15 is 0 Å². The Morgan fingerprint density at radius 3 is 2.42 bits per heavy atom. The largest absolute Gasteiger partial charge is 0.598 e. The van der Waals surface area contributed by atoms with E-state index in [0.717, 1.165) is 11.1 Å². The van der Waals surface area contributed by atoms with Crippen molar-refractivity contribution in [3.8, 4) is 17.3 Å². The van der Waals surface area contributed by atoms with E-state index < -0.39 is 11.4 Å². The monoisotopic (exact) mass is 467 g/mol. The topological polar surface area (TPSA) is 98.7 Å². The van der Waals surface area contributed by atoms with E-state index in [1.165, 1.54) is 0 Å². The Balaban J connectivity index is 2.08. The van der Waals surface area contributed by atoms with Crippen LogP contribution in [0.4, 0.5) is 0 Å². The van der Waals surface area contributed by atoms with Gasteiger partial charge >= 0.3 is 5.69 Å². The highest BCUT2D eigenvalue weighted by atomic mass is 32.2. The summed E-state index contributed by atoms with van der Waals surface area (Å²) in [6, 6.07) is 11.4. The van der Waals surface area contributed by atoms with Crippen molar-refractivity contribution in [2.75, 3.05) is 0 Å². The van der Waals surface area contributed by atoms with Gasteiger partial charge in [-0.05, 0) is 62.9 Å². The summed E-state index contributed by atoms with van der Waals surface area (Å²) in [5.74, 6) is 0. The average Bonchev–Trinajstić information content (AvgIpc) is 2.95. The molecule has 0 saturated heterocycles. The van der Waals surface area contributed by atoms with Crippen molar-refractivity contribution in [2.24, 2.45) is 12.5 Å². The fraction of sp³-hybridized carbons (Fsp3) is 0.480. The predicted molar refractivity (Wildman–Crippen MR) is 134 cm³/mol. The smallest absolute Gasteiger partial charge is 0.330 e. The van der Waals surface area contributed by atoms with E-state index in [9.17, 15) is 14.6 Å². The molecule has 2 aromatic heterocycles. The van der Waals surface area contributed by atoms with Crippen LogP contribution in [0, 0.1) is 16.7 Å². The molecule has 3 aromatic rings. The summed E-state index contributed by atoms with van der Waals surface area (Å²) in [7, 11) is 1.72. The third-order valence-corrected chi connectivity index (χ3v) is 7.07. The first kappa shape index (κ1) is 25.0. The second-order valence-electron chi connectivity index (χ2n) is 10.7. The number of rotatable bonds is 5. The minimum absolute atomic E-state index is 0.0601. The van der Waals surface area contributed by atoms with Gasteiger partial charge in [-0.25, -0.2) is 9.78 Å². The van der Waals surface area contributed by atoms with Crippen molar-refractivity contribution in [3.05, 3.63) is 51.9 Å². The van der Waals surface area contributed by atoms with E-state index in [-0.39, 0.29) is 21.9 Å². The van der Waals surface area contributed by atoms with Gasteiger partial charge in [0.2, 0.25) is 0 Å². The van der Waals surface area contributed by atoms with Gasteiger partial charge in [0.05, 0.1) is 28.9 Å². The van der Waals surface area contributed by atoms with Crippen LogP contribution in [-0.4, -0.2) is 23.4 Å². The fourth-order valence-electron chi connectivity index (χ4n) is 3.60. The summed E-state index contributed by atoms with van der Waals surface area (Å²) >= 11 is -1.23. The number of nitrogens with zero attached hydrogens (tertiary/aromatic N) is 4. The lowest BCUT2D eigenvalue weighted by Gasteiger charge is -2.26.